The van der Waals surface area contributed by atoms with E-state index in [-0.39, 0.29) is 12.1 Å². The van der Waals surface area contributed by atoms with Crippen LogP contribution in [0.5, 0.6) is 0 Å². The standard InChI is InChI=1S/C13H19N3OS/c17-9-13(4-5-13)15-10-3-6-16(8-10)12-2-1-11(18)7-14-12/h1-2,7,10,15,17-18H,3-6,8-9H2. The van der Waals surface area contributed by atoms with Gasteiger partial charge in [-0.1, -0.05) is 0 Å². The topological polar surface area (TPSA) is 48.4 Å². The lowest BCUT2D eigenvalue weighted by atomic mass is 10.2. The zero-order chi connectivity index (χ0) is 12.6. The summed E-state index contributed by atoms with van der Waals surface area (Å²) in [7, 11) is 0. The molecule has 1 saturated carbocycles. The molecule has 2 N–H and O–H groups in total. The second kappa shape index (κ2) is 4.72. The third-order valence-corrected chi connectivity index (χ3v) is 4.18. The molecule has 5 heteroatoms. The molecule has 0 amide bonds. The summed E-state index contributed by atoms with van der Waals surface area (Å²) >= 11 is 4.25. The maximum Gasteiger partial charge on any atom is 0.128 e. The summed E-state index contributed by atoms with van der Waals surface area (Å²) in [6.45, 7) is 2.26. The molecule has 0 radical (unpaired) electrons. The van der Waals surface area contributed by atoms with Gasteiger partial charge in [-0.05, 0) is 31.4 Å². The minimum atomic E-state index is 0.0308. The quantitative estimate of drug-likeness (QED) is 0.713. The van der Waals surface area contributed by atoms with E-state index >= 15 is 0 Å². The Balaban J connectivity index is 1.59. The summed E-state index contributed by atoms with van der Waals surface area (Å²) < 4.78 is 0. The predicted octanol–water partition coefficient (Wildman–Crippen LogP) is 1.06. The van der Waals surface area contributed by atoms with Crippen LogP contribution in [-0.4, -0.2) is 41.4 Å². The lowest BCUT2D eigenvalue weighted by molar-refractivity contribution is 0.220. The van der Waals surface area contributed by atoms with Crippen molar-refractivity contribution in [3.8, 4) is 0 Å². The number of aliphatic hydroxyl groups excluding tert-OH is 1. The number of aromatic nitrogens is 1. The van der Waals surface area contributed by atoms with E-state index in [0.29, 0.717) is 6.04 Å². The van der Waals surface area contributed by atoms with Crippen molar-refractivity contribution in [1.82, 2.24) is 10.3 Å². The van der Waals surface area contributed by atoms with Crippen LogP contribution in [0.3, 0.4) is 0 Å². The van der Waals surface area contributed by atoms with Crippen molar-refractivity contribution in [3.05, 3.63) is 18.3 Å². The van der Waals surface area contributed by atoms with Gasteiger partial charge in [0, 0.05) is 35.8 Å². The smallest absolute Gasteiger partial charge is 0.128 e. The van der Waals surface area contributed by atoms with Crippen LogP contribution in [0.1, 0.15) is 19.3 Å². The van der Waals surface area contributed by atoms with E-state index in [1.807, 2.05) is 12.1 Å². The highest BCUT2D eigenvalue weighted by Crippen LogP contribution is 2.36. The monoisotopic (exact) mass is 265 g/mol. The van der Waals surface area contributed by atoms with E-state index in [0.717, 1.165) is 43.1 Å². The molecular formula is C13H19N3OS. The molecule has 1 aliphatic heterocycles. The van der Waals surface area contributed by atoms with Crippen LogP contribution in [-0.2, 0) is 0 Å². The first-order valence-corrected chi connectivity index (χ1v) is 6.94. The fourth-order valence-corrected chi connectivity index (χ4v) is 2.72. The summed E-state index contributed by atoms with van der Waals surface area (Å²) in [6.07, 6.45) is 5.11. The Morgan fingerprint density at radius 2 is 2.33 bits per heavy atom. The molecule has 1 aliphatic carbocycles. The van der Waals surface area contributed by atoms with Crippen LogP contribution in [0.2, 0.25) is 0 Å². The Morgan fingerprint density at radius 1 is 1.50 bits per heavy atom. The minimum absolute atomic E-state index is 0.0308. The van der Waals surface area contributed by atoms with Gasteiger partial charge in [-0.25, -0.2) is 4.98 Å². The van der Waals surface area contributed by atoms with E-state index in [4.69, 9.17) is 0 Å². The van der Waals surface area contributed by atoms with Crippen LogP contribution in [0, 0.1) is 0 Å². The molecule has 2 fully saturated rings. The number of pyridine rings is 1. The molecule has 3 rings (SSSR count). The predicted molar refractivity (Wildman–Crippen MR) is 74.3 cm³/mol. The lowest BCUT2D eigenvalue weighted by Crippen LogP contribution is -2.44. The highest BCUT2D eigenvalue weighted by molar-refractivity contribution is 7.80. The van der Waals surface area contributed by atoms with Gasteiger partial charge in [-0.3, -0.25) is 0 Å². The van der Waals surface area contributed by atoms with Gasteiger partial charge in [0.1, 0.15) is 5.82 Å². The number of anilines is 1. The highest BCUT2D eigenvalue weighted by atomic mass is 32.1. The molecule has 18 heavy (non-hydrogen) atoms. The van der Waals surface area contributed by atoms with Gasteiger partial charge in [0.05, 0.1) is 6.61 Å². The van der Waals surface area contributed by atoms with E-state index in [2.05, 4.69) is 27.8 Å². The molecule has 1 saturated heterocycles. The van der Waals surface area contributed by atoms with Gasteiger partial charge < -0.3 is 15.3 Å². The van der Waals surface area contributed by atoms with E-state index in [1.54, 1.807) is 6.20 Å². The van der Waals surface area contributed by atoms with Crippen LogP contribution < -0.4 is 10.2 Å². The lowest BCUT2D eigenvalue weighted by Gasteiger charge is -2.21. The van der Waals surface area contributed by atoms with Crippen LogP contribution in [0.25, 0.3) is 0 Å². The van der Waals surface area contributed by atoms with E-state index < -0.39 is 0 Å². The van der Waals surface area contributed by atoms with Gasteiger partial charge in [0.15, 0.2) is 0 Å². The summed E-state index contributed by atoms with van der Waals surface area (Å²) in [5.41, 5.74) is 0.0308. The maximum absolute atomic E-state index is 9.33. The highest BCUT2D eigenvalue weighted by Gasteiger charge is 2.44. The third kappa shape index (κ3) is 2.48. The molecule has 98 valence electrons. The second-order valence-corrected chi connectivity index (χ2v) is 5.91. The molecular weight excluding hydrogens is 246 g/mol. The molecule has 1 aromatic heterocycles. The summed E-state index contributed by atoms with van der Waals surface area (Å²) in [6, 6.07) is 4.46. The van der Waals surface area contributed by atoms with Gasteiger partial charge in [0.25, 0.3) is 0 Å². The fourth-order valence-electron chi connectivity index (χ4n) is 2.58. The molecule has 4 nitrogen and oxygen atoms in total. The number of hydrogen-bond donors (Lipinski definition) is 3. The minimum Gasteiger partial charge on any atom is -0.394 e. The van der Waals surface area contributed by atoms with Gasteiger partial charge in [0.2, 0.25) is 0 Å². The molecule has 1 unspecified atom stereocenters. The number of thiol groups is 1. The van der Waals surface area contributed by atoms with Crippen molar-refractivity contribution in [1.29, 1.82) is 0 Å². The molecule has 0 bridgehead atoms. The summed E-state index contributed by atoms with van der Waals surface area (Å²) in [5, 5.41) is 12.9. The number of aliphatic hydroxyl groups is 1. The zero-order valence-corrected chi connectivity index (χ0v) is 11.2. The Kier molecular flexibility index (Phi) is 3.21. The molecule has 2 aliphatic rings. The van der Waals surface area contributed by atoms with Crippen molar-refractivity contribution < 1.29 is 5.11 Å². The largest absolute Gasteiger partial charge is 0.394 e. The first kappa shape index (κ1) is 12.3. The Hall–Kier alpha value is -0.780. The molecule has 2 heterocycles. The summed E-state index contributed by atoms with van der Waals surface area (Å²) in [5.74, 6) is 1.02. The van der Waals surface area contributed by atoms with Gasteiger partial charge in [-0.2, -0.15) is 0 Å². The third-order valence-electron chi connectivity index (χ3n) is 3.91. The summed E-state index contributed by atoms with van der Waals surface area (Å²) in [4.78, 5) is 7.58. The molecule has 1 atom stereocenters. The normalized spacial score (nSPS) is 25.4. The number of hydrogen-bond acceptors (Lipinski definition) is 5. The van der Waals surface area contributed by atoms with Gasteiger partial charge >= 0.3 is 0 Å². The van der Waals surface area contributed by atoms with Crippen molar-refractivity contribution in [3.63, 3.8) is 0 Å². The SMILES string of the molecule is OCC1(NC2CCN(c3ccc(S)cn3)C2)CC1. The number of nitrogens with zero attached hydrogens (tertiary/aromatic N) is 2. The Labute approximate surface area is 113 Å². The van der Waals surface area contributed by atoms with Crippen LogP contribution >= 0.6 is 12.6 Å². The van der Waals surface area contributed by atoms with Crippen LogP contribution in [0.4, 0.5) is 5.82 Å². The molecule has 0 aromatic carbocycles. The second-order valence-electron chi connectivity index (χ2n) is 5.39. The number of nitrogens with one attached hydrogen (secondary N) is 1. The number of rotatable bonds is 4. The average Bonchev–Trinajstić information content (AvgIpc) is 3.00. The Bertz CT molecular complexity index is 419. The first-order valence-electron chi connectivity index (χ1n) is 6.49. The fraction of sp³-hybridized carbons (Fsp3) is 0.615. The van der Waals surface area contributed by atoms with Crippen LogP contribution in [0.15, 0.2) is 23.2 Å². The Morgan fingerprint density at radius 3 is 2.94 bits per heavy atom. The van der Waals surface area contributed by atoms with Crippen molar-refractivity contribution in [2.45, 2.75) is 35.7 Å². The van der Waals surface area contributed by atoms with E-state index in [9.17, 15) is 5.11 Å². The molecule has 0 spiro atoms. The van der Waals surface area contributed by atoms with Crippen molar-refractivity contribution in [2.24, 2.45) is 0 Å². The molecule has 1 aromatic rings. The first-order chi connectivity index (χ1) is 8.71. The van der Waals surface area contributed by atoms with E-state index in [1.165, 1.54) is 0 Å². The van der Waals surface area contributed by atoms with Crippen molar-refractivity contribution >= 4 is 18.4 Å². The maximum atomic E-state index is 9.33. The zero-order valence-electron chi connectivity index (χ0n) is 10.3. The van der Waals surface area contributed by atoms with Crippen molar-refractivity contribution in [2.75, 3.05) is 24.6 Å². The van der Waals surface area contributed by atoms with Gasteiger partial charge in [-0.15, -0.1) is 12.6 Å². The average molecular weight is 265 g/mol.